The summed E-state index contributed by atoms with van der Waals surface area (Å²) < 4.78 is 10.5. The maximum atomic E-state index is 12.8. The summed E-state index contributed by atoms with van der Waals surface area (Å²) in [5.41, 5.74) is 3.06. The van der Waals surface area contributed by atoms with Crippen LogP contribution in [0.3, 0.4) is 0 Å². The first-order valence-electron chi connectivity index (χ1n) is 9.19. The van der Waals surface area contributed by atoms with Crippen LogP contribution in [0.5, 0.6) is 0 Å². The molecular weight excluding hydrogens is 390 g/mol. The smallest absolute Gasteiger partial charge is 0.307 e. The van der Waals surface area contributed by atoms with Gasteiger partial charge in [-0.2, -0.15) is 16.3 Å². The maximum Gasteiger partial charge on any atom is 0.307 e. The van der Waals surface area contributed by atoms with Crippen LogP contribution in [0.1, 0.15) is 35.3 Å². The summed E-state index contributed by atoms with van der Waals surface area (Å²) in [5, 5.41) is 8.58. The zero-order valence-corrected chi connectivity index (χ0v) is 16.8. The number of H-pyrrole nitrogens is 1. The highest BCUT2D eigenvalue weighted by Crippen LogP contribution is 2.24. The van der Waals surface area contributed by atoms with Gasteiger partial charge in [-0.15, -0.1) is 0 Å². The second kappa shape index (κ2) is 8.00. The van der Waals surface area contributed by atoms with Crippen LogP contribution in [0.25, 0.3) is 22.3 Å². The molecule has 1 N–H and O–H groups in total. The summed E-state index contributed by atoms with van der Waals surface area (Å²) >= 11 is 1.54. The van der Waals surface area contributed by atoms with Crippen molar-refractivity contribution in [2.75, 3.05) is 0 Å². The number of Topliss-reactive ketones (excluding diaryl/α,β-unsaturated/α-hetero) is 1. The number of aromatic nitrogens is 3. The van der Waals surface area contributed by atoms with E-state index in [0.717, 1.165) is 22.2 Å². The normalized spacial score (nSPS) is 12.2. The van der Waals surface area contributed by atoms with Crippen LogP contribution < -0.4 is 0 Å². The lowest BCUT2D eigenvalue weighted by atomic mass is 10.0. The lowest BCUT2D eigenvalue weighted by Crippen LogP contribution is -2.25. The molecule has 0 saturated heterocycles. The number of aromatic amines is 1. The van der Waals surface area contributed by atoms with E-state index in [-0.39, 0.29) is 18.6 Å². The highest BCUT2D eigenvalue weighted by Gasteiger charge is 2.24. The number of ketones is 1. The number of aryl methyl sites for hydroxylation is 2. The molecule has 0 unspecified atom stereocenters. The highest BCUT2D eigenvalue weighted by molar-refractivity contribution is 7.08. The van der Waals surface area contributed by atoms with Gasteiger partial charge < -0.3 is 14.2 Å². The molecule has 3 aromatic heterocycles. The monoisotopic (exact) mass is 409 g/mol. The van der Waals surface area contributed by atoms with Gasteiger partial charge in [0.1, 0.15) is 0 Å². The van der Waals surface area contributed by atoms with Crippen molar-refractivity contribution in [2.45, 2.75) is 32.8 Å². The van der Waals surface area contributed by atoms with E-state index in [9.17, 15) is 9.59 Å². The number of hydrogen-bond donors (Lipinski definition) is 1. The Morgan fingerprint density at radius 3 is 2.90 bits per heavy atom. The maximum absolute atomic E-state index is 12.8. The van der Waals surface area contributed by atoms with Crippen molar-refractivity contribution < 1.29 is 18.8 Å². The van der Waals surface area contributed by atoms with Crippen LogP contribution >= 0.6 is 11.3 Å². The molecule has 0 aliphatic heterocycles. The van der Waals surface area contributed by atoms with Gasteiger partial charge in [-0.1, -0.05) is 23.4 Å². The van der Waals surface area contributed by atoms with Crippen LogP contribution in [0.2, 0.25) is 0 Å². The number of carbonyl (C=O) groups excluding carboxylic acids is 2. The number of benzene rings is 1. The fourth-order valence-electron chi connectivity index (χ4n) is 3.18. The fraction of sp³-hybridized carbons (Fsp3) is 0.238. The van der Waals surface area contributed by atoms with Crippen LogP contribution in [0.15, 0.2) is 45.6 Å². The predicted molar refractivity (Wildman–Crippen MR) is 109 cm³/mol. The van der Waals surface area contributed by atoms with Crippen molar-refractivity contribution >= 4 is 34.0 Å². The van der Waals surface area contributed by atoms with E-state index < -0.39 is 12.1 Å². The number of nitrogens with zero attached hydrogens (tertiary/aromatic N) is 2. The number of thiophene rings is 1. The molecule has 29 heavy (non-hydrogen) atoms. The van der Waals surface area contributed by atoms with E-state index in [1.165, 1.54) is 0 Å². The Labute approximate surface area is 170 Å². The molecule has 0 spiro atoms. The molecule has 0 aliphatic rings. The van der Waals surface area contributed by atoms with Gasteiger partial charge in [0, 0.05) is 39.5 Å². The average Bonchev–Trinajstić information content (AvgIpc) is 3.44. The second-order valence-electron chi connectivity index (χ2n) is 6.69. The van der Waals surface area contributed by atoms with E-state index in [1.54, 1.807) is 18.3 Å². The number of fused-ring (bicyclic) bond motifs is 1. The molecule has 0 radical (unpaired) electrons. The number of rotatable bonds is 7. The van der Waals surface area contributed by atoms with Crippen molar-refractivity contribution in [1.29, 1.82) is 0 Å². The van der Waals surface area contributed by atoms with Gasteiger partial charge in [0.2, 0.25) is 17.5 Å². The van der Waals surface area contributed by atoms with Crippen LogP contribution in [0, 0.1) is 6.92 Å². The van der Waals surface area contributed by atoms with Crippen LogP contribution in [-0.2, 0) is 16.0 Å². The Morgan fingerprint density at radius 2 is 2.10 bits per heavy atom. The van der Waals surface area contributed by atoms with Crippen molar-refractivity contribution in [3.8, 4) is 11.4 Å². The second-order valence-corrected chi connectivity index (χ2v) is 7.47. The summed E-state index contributed by atoms with van der Waals surface area (Å²) in [5.74, 6) is 0.132. The molecule has 7 nitrogen and oxygen atoms in total. The van der Waals surface area contributed by atoms with E-state index >= 15 is 0 Å². The lowest BCUT2D eigenvalue weighted by molar-refractivity contribution is -0.146. The Hall–Kier alpha value is -3.26. The summed E-state index contributed by atoms with van der Waals surface area (Å²) in [4.78, 5) is 32.5. The number of ether oxygens (including phenoxy) is 1. The summed E-state index contributed by atoms with van der Waals surface area (Å²) in [6, 6.07) is 9.45. The Morgan fingerprint density at radius 1 is 1.28 bits per heavy atom. The molecule has 0 aliphatic carbocycles. The molecule has 0 fully saturated rings. The SMILES string of the molecule is Cc1[nH]c2ccccc2c1C(=O)[C@H](C)OC(=O)CCc1nc(-c2ccsc2)no1. The molecule has 0 saturated carbocycles. The molecule has 4 rings (SSSR count). The molecular formula is C21H19N3O4S. The van der Waals surface area contributed by atoms with E-state index in [1.807, 2.05) is 48.0 Å². The standard InChI is InChI=1S/C21H19N3O4S/c1-12-19(15-5-3-4-6-16(15)22-12)20(26)13(2)27-18(25)8-7-17-23-21(24-28-17)14-9-10-29-11-14/h3-6,9-11,13,22H,7-8H2,1-2H3/t13-/m0/s1. The lowest BCUT2D eigenvalue weighted by Gasteiger charge is -2.12. The number of hydrogen-bond acceptors (Lipinski definition) is 7. The van der Waals surface area contributed by atoms with Crippen LogP contribution in [0.4, 0.5) is 0 Å². The highest BCUT2D eigenvalue weighted by atomic mass is 32.1. The first kappa shape index (κ1) is 19.1. The van der Waals surface area contributed by atoms with E-state index in [2.05, 4.69) is 15.1 Å². The third-order valence-electron chi connectivity index (χ3n) is 4.61. The largest absolute Gasteiger partial charge is 0.454 e. The van der Waals surface area contributed by atoms with Crippen molar-refractivity contribution in [1.82, 2.24) is 15.1 Å². The first-order chi connectivity index (χ1) is 14.0. The number of para-hydroxylation sites is 1. The molecule has 4 aromatic rings. The Balaban J connectivity index is 1.37. The van der Waals surface area contributed by atoms with Crippen molar-refractivity contribution in [3.05, 3.63) is 58.2 Å². The molecule has 0 amide bonds. The van der Waals surface area contributed by atoms with E-state index in [0.29, 0.717) is 17.3 Å². The molecule has 1 aromatic carbocycles. The van der Waals surface area contributed by atoms with Gasteiger partial charge in [0.25, 0.3) is 0 Å². The van der Waals surface area contributed by atoms with Crippen LogP contribution in [-0.4, -0.2) is 33.0 Å². The minimum absolute atomic E-state index is 0.0513. The molecule has 8 heteroatoms. The quantitative estimate of drug-likeness (QED) is 0.360. The summed E-state index contributed by atoms with van der Waals surface area (Å²) in [6.45, 7) is 3.42. The van der Waals surface area contributed by atoms with Gasteiger partial charge in [0.05, 0.1) is 6.42 Å². The molecule has 1 atom stereocenters. The molecule has 0 bridgehead atoms. The molecule has 3 heterocycles. The third kappa shape index (κ3) is 3.97. The van der Waals surface area contributed by atoms with Gasteiger partial charge in [-0.25, -0.2) is 0 Å². The summed E-state index contributed by atoms with van der Waals surface area (Å²) in [7, 11) is 0. The van der Waals surface area contributed by atoms with Gasteiger partial charge >= 0.3 is 5.97 Å². The number of esters is 1. The summed E-state index contributed by atoms with van der Waals surface area (Å²) in [6.07, 6.45) is -0.580. The minimum Gasteiger partial charge on any atom is -0.454 e. The Bertz CT molecular complexity index is 1160. The van der Waals surface area contributed by atoms with Gasteiger partial charge in [-0.05, 0) is 31.4 Å². The number of nitrogens with one attached hydrogen (secondary N) is 1. The predicted octanol–water partition coefficient (Wildman–Crippen LogP) is 4.34. The number of carbonyl (C=O) groups is 2. The Kier molecular flexibility index (Phi) is 5.26. The average molecular weight is 409 g/mol. The molecule has 148 valence electrons. The van der Waals surface area contributed by atoms with Crippen molar-refractivity contribution in [3.63, 3.8) is 0 Å². The van der Waals surface area contributed by atoms with Crippen molar-refractivity contribution in [2.24, 2.45) is 0 Å². The minimum atomic E-state index is -0.885. The zero-order chi connectivity index (χ0) is 20.4. The fourth-order valence-corrected chi connectivity index (χ4v) is 3.82. The third-order valence-corrected chi connectivity index (χ3v) is 5.29. The van der Waals surface area contributed by atoms with Gasteiger partial charge in [0.15, 0.2) is 6.10 Å². The van der Waals surface area contributed by atoms with Gasteiger partial charge in [-0.3, -0.25) is 9.59 Å². The first-order valence-corrected chi connectivity index (χ1v) is 10.1. The topological polar surface area (TPSA) is 98.1 Å². The zero-order valence-electron chi connectivity index (χ0n) is 16.0. The van der Waals surface area contributed by atoms with E-state index in [4.69, 9.17) is 9.26 Å².